The van der Waals surface area contributed by atoms with Gasteiger partial charge in [0.25, 0.3) is 10.2 Å². The van der Waals surface area contributed by atoms with Crippen LogP contribution in [0.15, 0.2) is 0 Å². The highest BCUT2D eigenvalue weighted by molar-refractivity contribution is 7.86. The molecule has 118 valence electrons. The van der Waals surface area contributed by atoms with Crippen molar-refractivity contribution in [3.05, 3.63) is 0 Å². The number of morpholine rings is 1. The largest absolute Gasteiger partial charge is 0.379 e. The molecule has 2 fully saturated rings. The average molecular weight is 305 g/mol. The summed E-state index contributed by atoms with van der Waals surface area (Å²) in [4.78, 5) is 0. The lowest BCUT2D eigenvalue weighted by Gasteiger charge is -2.37. The molecule has 0 aliphatic carbocycles. The summed E-state index contributed by atoms with van der Waals surface area (Å²) in [6, 6.07) is 0.466. The monoisotopic (exact) mass is 305 g/mol. The lowest BCUT2D eigenvalue weighted by Crippen LogP contribution is -2.51. The highest BCUT2D eigenvalue weighted by Gasteiger charge is 2.34. The van der Waals surface area contributed by atoms with Gasteiger partial charge in [-0.2, -0.15) is 17.0 Å². The van der Waals surface area contributed by atoms with Crippen LogP contribution in [0.25, 0.3) is 0 Å². The molecular weight excluding hydrogens is 278 g/mol. The van der Waals surface area contributed by atoms with Crippen molar-refractivity contribution in [1.29, 1.82) is 0 Å². The SMILES string of the molecule is CCNC(C)C1CCN(S(=O)(=O)N2CCOCC2)CC1. The Morgan fingerprint density at radius 3 is 2.25 bits per heavy atom. The summed E-state index contributed by atoms with van der Waals surface area (Å²) in [5, 5.41) is 3.44. The zero-order chi connectivity index (χ0) is 14.6. The lowest BCUT2D eigenvalue weighted by atomic mass is 9.91. The molecule has 2 rings (SSSR count). The van der Waals surface area contributed by atoms with E-state index >= 15 is 0 Å². The van der Waals surface area contributed by atoms with Crippen molar-refractivity contribution in [2.24, 2.45) is 5.92 Å². The topological polar surface area (TPSA) is 61.9 Å². The molecule has 2 saturated heterocycles. The van der Waals surface area contributed by atoms with E-state index in [1.165, 1.54) is 0 Å². The van der Waals surface area contributed by atoms with Gasteiger partial charge in [-0.25, -0.2) is 0 Å². The van der Waals surface area contributed by atoms with Gasteiger partial charge < -0.3 is 10.1 Å². The van der Waals surface area contributed by atoms with Gasteiger partial charge in [0, 0.05) is 32.2 Å². The van der Waals surface area contributed by atoms with Crippen molar-refractivity contribution in [1.82, 2.24) is 13.9 Å². The molecule has 1 N–H and O–H groups in total. The molecule has 0 bridgehead atoms. The van der Waals surface area contributed by atoms with Crippen molar-refractivity contribution in [3.63, 3.8) is 0 Å². The van der Waals surface area contributed by atoms with Crippen LogP contribution < -0.4 is 5.32 Å². The minimum Gasteiger partial charge on any atom is -0.379 e. The molecular formula is C13H27N3O3S. The van der Waals surface area contributed by atoms with E-state index in [2.05, 4.69) is 19.2 Å². The van der Waals surface area contributed by atoms with E-state index in [9.17, 15) is 8.42 Å². The van der Waals surface area contributed by atoms with Crippen LogP contribution in [0.3, 0.4) is 0 Å². The molecule has 0 saturated carbocycles. The molecule has 0 radical (unpaired) electrons. The van der Waals surface area contributed by atoms with Gasteiger partial charge in [-0.1, -0.05) is 6.92 Å². The standard InChI is InChI=1S/C13H27N3O3S/c1-3-14-12(2)13-4-6-15(7-5-13)20(17,18)16-8-10-19-11-9-16/h12-14H,3-11H2,1-2H3. The molecule has 0 aromatic carbocycles. The minimum atomic E-state index is -3.28. The predicted octanol–water partition coefficient (Wildman–Crippen LogP) is 0.273. The van der Waals surface area contributed by atoms with E-state index in [0.29, 0.717) is 51.4 Å². The fraction of sp³-hybridized carbons (Fsp3) is 1.00. The third kappa shape index (κ3) is 3.71. The maximum Gasteiger partial charge on any atom is 0.282 e. The lowest BCUT2D eigenvalue weighted by molar-refractivity contribution is 0.0691. The van der Waals surface area contributed by atoms with Crippen LogP contribution in [-0.4, -0.2) is 69.0 Å². The van der Waals surface area contributed by atoms with Gasteiger partial charge in [-0.15, -0.1) is 0 Å². The Hall–Kier alpha value is -0.210. The molecule has 1 unspecified atom stereocenters. The molecule has 0 aromatic heterocycles. The van der Waals surface area contributed by atoms with Gasteiger partial charge in [0.1, 0.15) is 0 Å². The Labute approximate surface area is 122 Å². The molecule has 0 aromatic rings. The van der Waals surface area contributed by atoms with Crippen molar-refractivity contribution >= 4 is 10.2 Å². The molecule has 7 heteroatoms. The molecule has 2 aliphatic rings. The molecule has 0 spiro atoms. The summed E-state index contributed by atoms with van der Waals surface area (Å²) < 4.78 is 33.5. The summed E-state index contributed by atoms with van der Waals surface area (Å²) in [6.45, 7) is 8.52. The summed E-state index contributed by atoms with van der Waals surface area (Å²) in [6.07, 6.45) is 1.88. The van der Waals surface area contributed by atoms with Crippen LogP contribution in [0.4, 0.5) is 0 Å². The first kappa shape index (κ1) is 16.2. The zero-order valence-electron chi connectivity index (χ0n) is 12.5. The van der Waals surface area contributed by atoms with Gasteiger partial charge in [-0.3, -0.25) is 0 Å². The Balaban J connectivity index is 1.89. The van der Waals surface area contributed by atoms with Crippen LogP contribution in [0.2, 0.25) is 0 Å². The molecule has 2 heterocycles. The van der Waals surface area contributed by atoms with Crippen molar-refractivity contribution < 1.29 is 13.2 Å². The van der Waals surface area contributed by atoms with Gasteiger partial charge in [-0.05, 0) is 32.2 Å². The highest BCUT2D eigenvalue weighted by atomic mass is 32.2. The van der Waals surface area contributed by atoms with Crippen LogP contribution in [-0.2, 0) is 14.9 Å². The first-order valence-electron chi connectivity index (χ1n) is 7.62. The van der Waals surface area contributed by atoms with Gasteiger partial charge >= 0.3 is 0 Å². The predicted molar refractivity (Wildman–Crippen MR) is 78.7 cm³/mol. The maximum atomic E-state index is 12.5. The number of nitrogens with zero attached hydrogens (tertiary/aromatic N) is 2. The van der Waals surface area contributed by atoms with E-state index in [1.54, 1.807) is 8.61 Å². The van der Waals surface area contributed by atoms with Gasteiger partial charge in [0.2, 0.25) is 0 Å². The number of ether oxygens (including phenoxy) is 1. The Bertz CT molecular complexity index is 388. The van der Waals surface area contributed by atoms with Crippen molar-refractivity contribution in [2.75, 3.05) is 45.9 Å². The minimum absolute atomic E-state index is 0.466. The quantitative estimate of drug-likeness (QED) is 0.792. The zero-order valence-corrected chi connectivity index (χ0v) is 13.4. The van der Waals surface area contributed by atoms with E-state index in [4.69, 9.17) is 4.74 Å². The summed E-state index contributed by atoms with van der Waals surface area (Å²) in [7, 11) is -3.28. The molecule has 0 amide bonds. The van der Waals surface area contributed by atoms with E-state index in [-0.39, 0.29) is 0 Å². The molecule has 6 nitrogen and oxygen atoms in total. The summed E-state index contributed by atoms with van der Waals surface area (Å²) >= 11 is 0. The number of piperidine rings is 1. The third-order valence-corrected chi connectivity index (χ3v) is 6.39. The Kier molecular flexibility index (Phi) is 5.80. The van der Waals surface area contributed by atoms with Crippen LogP contribution in [0.1, 0.15) is 26.7 Å². The fourth-order valence-electron chi connectivity index (χ4n) is 3.04. The average Bonchev–Trinajstić information content (AvgIpc) is 2.48. The smallest absolute Gasteiger partial charge is 0.282 e. The van der Waals surface area contributed by atoms with Crippen LogP contribution in [0, 0.1) is 5.92 Å². The van der Waals surface area contributed by atoms with Crippen LogP contribution in [0.5, 0.6) is 0 Å². The second kappa shape index (κ2) is 7.17. The van der Waals surface area contributed by atoms with Gasteiger partial charge in [0.05, 0.1) is 13.2 Å². The third-order valence-electron chi connectivity index (χ3n) is 4.35. The fourth-order valence-corrected chi connectivity index (χ4v) is 4.65. The Morgan fingerprint density at radius 1 is 1.15 bits per heavy atom. The Morgan fingerprint density at radius 2 is 1.70 bits per heavy atom. The normalized spacial score (nSPS) is 25.7. The molecule has 20 heavy (non-hydrogen) atoms. The molecule has 2 aliphatic heterocycles. The van der Waals surface area contributed by atoms with Crippen LogP contribution >= 0.6 is 0 Å². The van der Waals surface area contributed by atoms with Gasteiger partial charge in [0.15, 0.2) is 0 Å². The van der Waals surface area contributed by atoms with Crippen molar-refractivity contribution in [2.45, 2.75) is 32.7 Å². The first-order chi connectivity index (χ1) is 9.55. The number of hydrogen-bond donors (Lipinski definition) is 1. The number of nitrogens with one attached hydrogen (secondary N) is 1. The van der Waals surface area contributed by atoms with E-state index in [1.807, 2.05) is 0 Å². The second-order valence-electron chi connectivity index (χ2n) is 5.60. The van der Waals surface area contributed by atoms with E-state index < -0.39 is 10.2 Å². The van der Waals surface area contributed by atoms with E-state index in [0.717, 1.165) is 19.4 Å². The summed E-state index contributed by atoms with van der Waals surface area (Å²) in [5.74, 6) is 0.575. The number of hydrogen-bond acceptors (Lipinski definition) is 4. The summed E-state index contributed by atoms with van der Waals surface area (Å²) in [5.41, 5.74) is 0. The molecule has 1 atom stereocenters. The first-order valence-corrected chi connectivity index (χ1v) is 9.01. The number of rotatable bonds is 5. The second-order valence-corrected chi connectivity index (χ2v) is 7.53. The van der Waals surface area contributed by atoms with Crippen molar-refractivity contribution in [3.8, 4) is 0 Å². The maximum absolute atomic E-state index is 12.5. The highest BCUT2D eigenvalue weighted by Crippen LogP contribution is 2.24.